The molecule has 0 fully saturated rings. The van der Waals surface area contributed by atoms with E-state index < -0.39 is 96.7 Å². The van der Waals surface area contributed by atoms with Crippen LogP contribution in [0.4, 0.5) is 26.3 Å². The minimum Gasteiger partial charge on any atom is -0.382 e. The standard InChI is InChI=1S/C34H41F6N7O6/c1-19(2)27(44-26(50)16-21-9-11-22(12-10-21)32(46-47-32)34(38,39)40)30(53)43-24(15-20-7-5-4-6-8-20)29(52)45-31(3,18-48)17-42-23(13-14-25(41)49)28(51)33(35,36)37/h4-12,18-19,23-24,27-28,42,51H,13-17H2,1-3H3,(H2,41,49)(H,43,53)(H,44,50)(H,45,52). The zero-order valence-electron chi connectivity index (χ0n) is 28.9. The van der Waals surface area contributed by atoms with Crippen LogP contribution in [0.15, 0.2) is 64.8 Å². The molecule has 7 N–H and O–H groups in total. The first-order chi connectivity index (χ1) is 24.6. The van der Waals surface area contributed by atoms with E-state index in [9.17, 15) is 55.4 Å². The van der Waals surface area contributed by atoms with Gasteiger partial charge in [-0.2, -0.15) is 26.3 Å². The number of hydrogen-bond acceptors (Lipinski definition) is 9. The number of aliphatic hydroxyl groups is 1. The van der Waals surface area contributed by atoms with E-state index in [1.165, 1.54) is 19.1 Å². The molecule has 0 saturated heterocycles. The molecular weight excluding hydrogens is 716 g/mol. The van der Waals surface area contributed by atoms with Crippen molar-refractivity contribution >= 4 is 29.9 Å². The molecule has 3 rings (SSSR count). The van der Waals surface area contributed by atoms with Crippen molar-refractivity contribution < 1.29 is 55.4 Å². The van der Waals surface area contributed by atoms with Gasteiger partial charge >= 0.3 is 18.0 Å². The van der Waals surface area contributed by atoms with E-state index in [1.807, 2.05) is 0 Å². The van der Waals surface area contributed by atoms with Gasteiger partial charge in [0, 0.05) is 31.0 Å². The molecule has 0 aromatic heterocycles. The number of rotatable bonds is 19. The van der Waals surface area contributed by atoms with Gasteiger partial charge in [0.25, 0.3) is 0 Å². The molecule has 2 aromatic rings. The Morgan fingerprint density at radius 2 is 1.51 bits per heavy atom. The Labute approximate surface area is 300 Å². The fraction of sp³-hybridized carbons (Fsp3) is 0.500. The summed E-state index contributed by atoms with van der Waals surface area (Å²) in [6, 6.07) is 8.92. The zero-order chi connectivity index (χ0) is 39.8. The highest BCUT2D eigenvalue weighted by atomic mass is 19.4. The maximum Gasteiger partial charge on any atom is 0.442 e. The molecule has 0 aliphatic carbocycles. The average molecular weight is 758 g/mol. The Bertz CT molecular complexity index is 1630. The molecular formula is C34H41F6N7O6. The second-order valence-corrected chi connectivity index (χ2v) is 13.3. The van der Waals surface area contributed by atoms with Crippen LogP contribution in [-0.2, 0) is 42.5 Å². The minimum atomic E-state index is -5.09. The fourth-order valence-electron chi connectivity index (χ4n) is 5.29. The largest absolute Gasteiger partial charge is 0.442 e. The van der Waals surface area contributed by atoms with Crippen LogP contribution in [-0.4, -0.2) is 83.7 Å². The first-order valence-corrected chi connectivity index (χ1v) is 16.4. The third-order valence-electron chi connectivity index (χ3n) is 8.42. The van der Waals surface area contributed by atoms with Gasteiger partial charge in [-0.15, -0.1) is 10.2 Å². The lowest BCUT2D eigenvalue weighted by molar-refractivity contribution is -0.213. The summed E-state index contributed by atoms with van der Waals surface area (Å²) in [5.74, 6) is -3.83. The van der Waals surface area contributed by atoms with E-state index in [0.717, 1.165) is 12.1 Å². The highest BCUT2D eigenvalue weighted by molar-refractivity contribution is 5.93. The smallest absolute Gasteiger partial charge is 0.382 e. The van der Waals surface area contributed by atoms with Gasteiger partial charge in [0.2, 0.25) is 23.6 Å². The second-order valence-electron chi connectivity index (χ2n) is 13.3. The summed E-state index contributed by atoms with van der Waals surface area (Å²) in [5.41, 5.74) is 1.23. The van der Waals surface area contributed by atoms with Crippen molar-refractivity contribution in [2.75, 3.05) is 6.54 Å². The lowest BCUT2D eigenvalue weighted by atomic mass is 9.98. The van der Waals surface area contributed by atoms with E-state index >= 15 is 0 Å². The van der Waals surface area contributed by atoms with E-state index in [4.69, 9.17) is 5.73 Å². The summed E-state index contributed by atoms with van der Waals surface area (Å²) in [5, 5.41) is 26.1. The van der Waals surface area contributed by atoms with Gasteiger partial charge in [-0.05, 0) is 30.4 Å². The molecule has 53 heavy (non-hydrogen) atoms. The molecule has 2 aromatic carbocycles. The van der Waals surface area contributed by atoms with Crippen molar-refractivity contribution in [3.05, 3.63) is 71.3 Å². The van der Waals surface area contributed by atoms with Crippen LogP contribution in [0.2, 0.25) is 0 Å². The Morgan fingerprint density at radius 3 is 2.00 bits per heavy atom. The summed E-state index contributed by atoms with van der Waals surface area (Å²) in [6.07, 6.45) is -14.0. The molecule has 19 heteroatoms. The lowest BCUT2D eigenvalue weighted by Gasteiger charge is -2.32. The van der Waals surface area contributed by atoms with Crippen LogP contribution in [0.25, 0.3) is 0 Å². The van der Waals surface area contributed by atoms with Crippen molar-refractivity contribution in [2.24, 2.45) is 21.9 Å². The number of carbonyl (C=O) groups excluding carboxylic acids is 5. The SMILES string of the molecule is CC(C)C(NC(=O)Cc1ccc(C2(C(F)(F)F)N=N2)cc1)C(=O)NC(Cc1ccccc1)C(=O)NC(C)(C=O)CNC(CCC(N)=O)C(O)C(F)(F)F. The first-order valence-electron chi connectivity index (χ1n) is 16.4. The quantitative estimate of drug-likeness (QED) is 0.0933. The first kappa shape index (κ1) is 42.5. The van der Waals surface area contributed by atoms with Crippen LogP contribution >= 0.6 is 0 Å². The van der Waals surface area contributed by atoms with Crippen LogP contribution in [0, 0.1) is 5.92 Å². The Morgan fingerprint density at radius 1 is 0.906 bits per heavy atom. The monoisotopic (exact) mass is 757 g/mol. The summed E-state index contributed by atoms with van der Waals surface area (Å²) >= 11 is 0. The molecule has 5 unspecified atom stereocenters. The van der Waals surface area contributed by atoms with Gasteiger partial charge in [-0.3, -0.25) is 19.2 Å². The van der Waals surface area contributed by atoms with Crippen molar-refractivity contribution in [1.82, 2.24) is 21.3 Å². The van der Waals surface area contributed by atoms with E-state index in [-0.39, 0.29) is 24.7 Å². The van der Waals surface area contributed by atoms with Crippen LogP contribution < -0.4 is 27.0 Å². The molecule has 0 spiro atoms. The van der Waals surface area contributed by atoms with Crippen LogP contribution in [0.3, 0.4) is 0 Å². The van der Waals surface area contributed by atoms with Crippen molar-refractivity contribution in [2.45, 2.75) is 94.2 Å². The second kappa shape index (κ2) is 17.3. The van der Waals surface area contributed by atoms with Gasteiger partial charge < -0.3 is 36.9 Å². The predicted octanol–water partition coefficient (Wildman–Crippen LogP) is 2.50. The van der Waals surface area contributed by atoms with Gasteiger partial charge in [0.1, 0.15) is 23.9 Å². The molecule has 4 amide bonds. The van der Waals surface area contributed by atoms with Gasteiger partial charge in [-0.25, -0.2) is 0 Å². The number of halogens is 6. The van der Waals surface area contributed by atoms with Crippen LogP contribution in [0.5, 0.6) is 0 Å². The van der Waals surface area contributed by atoms with Gasteiger partial charge in [0.15, 0.2) is 6.10 Å². The number of carbonyl (C=O) groups is 5. The molecule has 5 atom stereocenters. The van der Waals surface area contributed by atoms with Crippen LogP contribution in [0.1, 0.15) is 50.3 Å². The average Bonchev–Trinajstić information content (AvgIpc) is 3.89. The summed E-state index contributed by atoms with van der Waals surface area (Å²) < 4.78 is 80.0. The number of nitrogens with zero attached hydrogens (tertiary/aromatic N) is 2. The molecule has 13 nitrogen and oxygen atoms in total. The Kier molecular flexibility index (Phi) is 13.9. The summed E-state index contributed by atoms with van der Waals surface area (Å²) in [4.78, 5) is 63.6. The van der Waals surface area contributed by atoms with E-state index in [0.29, 0.717) is 11.1 Å². The Balaban J connectivity index is 1.74. The number of alkyl halides is 6. The fourth-order valence-corrected chi connectivity index (χ4v) is 5.29. The number of aldehydes is 1. The van der Waals surface area contributed by atoms with E-state index in [2.05, 4.69) is 31.5 Å². The number of nitrogens with two attached hydrogens (primary N) is 1. The number of benzene rings is 2. The number of hydrogen-bond donors (Lipinski definition) is 6. The molecule has 1 heterocycles. The maximum absolute atomic E-state index is 13.7. The molecule has 0 saturated carbocycles. The topological polar surface area (TPSA) is 204 Å². The number of amides is 4. The molecule has 0 radical (unpaired) electrons. The highest BCUT2D eigenvalue weighted by Gasteiger charge is 2.65. The third-order valence-corrected chi connectivity index (χ3v) is 8.42. The van der Waals surface area contributed by atoms with Crippen molar-refractivity contribution in [1.29, 1.82) is 0 Å². The predicted molar refractivity (Wildman–Crippen MR) is 176 cm³/mol. The lowest BCUT2D eigenvalue weighted by Crippen LogP contribution is -2.62. The molecule has 0 bridgehead atoms. The Hall–Kier alpha value is -4.91. The van der Waals surface area contributed by atoms with Gasteiger partial charge in [0.05, 0.1) is 6.42 Å². The maximum atomic E-state index is 13.7. The van der Waals surface area contributed by atoms with Crippen molar-refractivity contribution in [3.8, 4) is 0 Å². The third kappa shape index (κ3) is 11.8. The molecule has 1 aliphatic heterocycles. The van der Waals surface area contributed by atoms with Gasteiger partial charge in [-0.1, -0.05) is 68.4 Å². The van der Waals surface area contributed by atoms with E-state index in [1.54, 1.807) is 44.2 Å². The number of nitrogens with one attached hydrogen (secondary N) is 4. The summed E-state index contributed by atoms with van der Waals surface area (Å²) in [6.45, 7) is 3.79. The number of primary amides is 1. The minimum absolute atomic E-state index is 0.113. The molecule has 290 valence electrons. The van der Waals surface area contributed by atoms with Crippen molar-refractivity contribution in [3.63, 3.8) is 0 Å². The zero-order valence-corrected chi connectivity index (χ0v) is 28.9. The highest BCUT2D eigenvalue weighted by Crippen LogP contribution is 2.52. The molecule has 1 aliphatic rings. The number of aliphatic hydroxyl groups excluding tert-OH is 1. The normalized spacial score (nSPS) is 17.1. The summed E-state index contributed by atoms with van der Waals surface area (Å²) in [7, 11) is 0.